The summed E-state index contributed by atoms with van der Waals surface area (Å²) < 4.78 is 0. The Bertz CT molecular complexity index is 170. The maximum atomic E-state index is 11.5. The molecule has 0 heterocycles. The largest absolute Gasteiger partial charge is 0.354 e. The van der Waals surface area contributed by atoms with Crippen LogP contribution in [0, 0.1) is 11.3 Å². The van der Waals surface area contributed by atoms with Gasteiger partial charge in [-0.05, 0) is 11.3 Å². The van der Waals surface area contributed by atoms with Crippen LogP contribution in [0.3, 0.4) is 0 Å². The van der Waals surface area contributed by atoms with Crippen LogP contribution in [0.5, 0.6) is 0 Å². The summed E-state index contributed by atoms with van der Waals surface area (Å²) in [5, 5.41) is 2.82. The Labute approximate surface area is 81.1 Å². The number of nitrogens with two attached hydrogens (primary N) is 1. The van der Waals surface area contributed by atoms with Gasteiger partial charge in [-0.15, -0.1) is 0 Å². The van der Waals surface area contributed by atoms with E-state index in [2.05, 4.69) is 19.2 Å². The first kappa shape index (κ1) is 12.4. The fourth-order valence-electron chi connectivity index (χ4n) is 0.808. The predicted octanol–water partition coefficient (Wildman–Crippen LogP) is 1.13. The van der Waals surface area contributed by atoms with E-state index in [1.165, 1.54) is 0 Å². The summed E-state index contributed by atoms with van der Waals surface area (Å²) in [4.78, 5) is 11.5. The first-order valence-corrected chi connectivity index (χ1v) is 4.78. The molecule has 0 aliphatic heterocycles. The fraction of sp³-hybridized carbons (Fsp3) is 0.900. The Hall–Kier alpha value is -0.570. The van der Waals surface area contributed by atoms with Crippen molar-refractivity contribution in [3.8, 4) is 0 Å². The fourth-order valence-corrected chi connectivity index (χ4v) is 0.808. The lowest BCUT2D eigenvalue weighted by Crippen LogP contribution is -2.49. The minimum Gasteiger partial charge on any atom is -0.354 e. The van der Waals surface area contributed by atoms with Gasteiger partial charge in [0.05, 0.1) is 6.04 Å². The molecule has 0 fully saturated rings. The summed E-state index contributed by atoms with van der Waals surface area (Å²) in [7, 11) is 0. The van der Waals surface area contributed by atoms with Gasteiger partial charge in [0.25, 0.3) is 0 Å². The Kier molecular flexibility index (Phi) is 4.40. The summed E-state index contributed by atoms with van der Waals surface area (Å²) in [5.74, 6) is 0.414. The number of hydrogen-bond acceptors (Lipinski definition) is 2. The molecule has 1 atom stereocenters. The van der Waals surface area contributed by atoms with E-state index in [1.54, 1.807) is 0 Å². The molecule has 0 aromatic heterocycles. The van der Waals surface area contributed by atoms with Crippen molar-refractivity contribution in [1.82, 2.24) is 5.32 Å². The number of carbonyl (C=O) groups is 1. The standard InChI is InChI=1S/C10H22N2O/c1-7(2)6-12-9(13)8(11)10(3,4)5/h7-8H,6,11H2,1-5H3,(H,12,13)/t8-/m1/s1. The van der Waals surface area contributed by atoms with Crippen LogP contribution in [0.25, 0.3) is 0 Å². The van der Waals surface area contributed by atoms with Crippen molar-refractivity contribution in [1.29, 1.82) is 0 Å². The highest BCUT2D eigenvalue weighted by Crippen LogP contribution is 2.17. The smallest absolute Gasteiger partial charge is 0.237 e. The molecule has 0 bridgehead atoms. The van der Waals surface area contributed by atoms with Gasteiger partial charge in [0, 0.05) is 6.54 Å². The van der Waals surface area contributed by atoms with Crippen molar-refractivity contribution >= 4 is 5.91 Å². The average Bonchev–Trinajstić information content (AvgIpc) is 1.96. The number of carbonyl (C=O) groups excluding carboxylic acids is 1. The van der Waals surface area contributed by atoms with E-state index in [1.807, 2.05) is 20.8 Å². The highest BCUT2D eigenvalue weighted by molar-refractivity contribution is 5.82. The molecule has 0 aliphatic carbocycles. The minimum absolute atomic E-state index is 0.0544. The van der Waals surface area contributed by atoms with Crippen molar-refractivity contribution < 1.29 is 4.79 Å². The maximum Gasteiger partial charge on any atom is 0.237 e. The summed E-state index contributed by atoms with van der Waals surface area (Å²) in [6.07, 6.45) is 0. The van der Waals surface area contributed by atoms with E-state index in [4.69, 9.17) is 5.73 Å². The molecule has 0 aromatic rings. The molecule has 0 aliphatic rings. The molecule has 0 rings (SSSR count). The zero-order valence-electron chi connectivity index (χ0n) is 9.35. The van der Waals surface area contributed by atoms with Crippen LogP contribution in [-0.2, 0) is 4.79 Å². The van der Waals surface area contributed by atoms with E-state index in [-0.39, 0.29) is 11.3 Å². The summed E-state index contributed by atoms with van der Waals surface area (Å²) >= 11 is 0. The van der Waals surface area contributed by atoms with Crippen LogP contribution in [0.4, 0.5) is 0 Å². The van der Waals surface area contributed by atoms with Gasteiger partial charge in [0.2, 0.25) is 5.91 Å². The van der Waals surface area contributed by atoms with E-state index in [0.29, 0.717) is 12.5 Å². The number of nitrogens with one attached hydrogen (secondary N) is 1. The second kappa shape index (κ2) is 4.61. The molecular formula is C10H22N2O. The van der Waals surface area contributed by atoms with Gasteiger partial charge in [-0.1, -0.05) is 34.6 Å². The Morgan fingerprint density at radius 1 is 1.38 bits per heavy atom. The van der Waals surface area contributed by atoms with E-state index < -0.39 is 6.04 Å². The number of amides is 1. The quantitative estimate of drug-likeness (QED) is 0.694. The second-order valence-electron chi connectivity index (χ2n) is 4.98. The molecule has 13 heavy (non-hydrogen) atoms. The Morgan fingerprint density at radius 2 is 1.85 bits per heavy atom. The van der Waals surface area contributed by atoms with Crippen molar-refractivity contribution in [3.63, 3.8) is 0 Å². The molecule has 0 saturated carbocycles. The average molecular weight is 186 g/mol. The molecule has 0 aromatic carbocycles. The van der Waals surface area contributed by atoms with Gasteiger partial charge in [0.15, 0.2) is 0 Å². The SMILES string of the molecule is CC(C)CNC(=O)[C@@H](N)C(C)(C)C. The molecule has 0 unspecified atom stereocenters. The molecule has 0 radical (unpaired) electrons. The van der Waals surface area contributed by atoms with Crippen molar-refractivity contribution in [3.05, 3.63) is 0 Å². The molecule has 0 spiro atoms. The van der Waals surface area contributed by atoms with Crippen LogP contribution in [0.2, 0.25) is 0 Å². The zero-order chi connectivity index (χ0) is 10.6. The lowest BCUT2D eigenvalue weighted by molar-refractivity contribution is -0.124. The van der Waals surface area contributed by atoms with Crippen LogP contribution in [0.15, 0.2) is 0 Å². The monoisotopic (exact) mass is 186 g/mol. The highest BCUT2D eigenvalue weighted by Gasteiger charge is 2.26. The molecule has 3 nitrogen and oxygen atoms in total. The predicted molar refractivity (Wildman–Crippen MR) is 55.3 cm³/mol. The third kappa shape index (κ3) is 4.88. The molecule has 3 N–H and O–H groups in total. The van der Waals surface area contributed by atoms with E-state index in [9.17, 15) is 4.79 Å². The van der Waals surface area contributed by atoms with Crippen LogP contribution in [-0.4, -0.2) is 18.5 Å². The third-order valence-electron chi connectivity index (χ3n) is 1.90. The summed E-state index contributed by atoms with van der Waals surface area (Å²) in [6.45, 7) is 10.7. The van der Waals surface area contributed by atoms with Gasteiger partial charge >= 0.3 is 0 Å². The van der Waals surface area contributed by atoms with E-state index in [0.717, 1.165) is 0 Å². The maximum absolute atomic E-state index is 11.5. The number of rotatable bonds is 3. The van der Waals surface area contributed by atoms with Crippen molar-refractivity contribution in [2.45, 2.75) is 40.7 Å². The van der Waals surface area contributed by atoms with Crippen LogP contribution < -0.4 is 11.1 Å². The lowest BCUT2D eigenvalue weighted by Gasteiger charge is -2.26. The lowest BCUT2D eigenvalue weighted by atomic mass is 9.87. The topological polar surface area (TPSA) is 55.1 Å². The third-order valence-corrected chi connectivity index (χ3v) is 1.90. The minimum atomic E-state index is -0.425. The van der Waals surface area contributed by atoms with E-state index >= 15 is 0 Å². The van der Waals surface area contributed by atoms with Crippen molar-refractivity contribution in [2.75, 3.05) is 6.54 Å². The summed E-state index contributed by atoms with van der Waals surface area (Å²) in [6, 6.07) is -0.425. The van der Waals surface area contributed by atoms with Gasteiger partial charge in [-0.3, -0.25) is 4.79 Å². The van der Waals surface area contributed by atoms with Gasteiger partial charge < -0.3 is 11.1 Å². The van der Waals surface area contributed by atoms with Crippen LogP contribution in [0.1, 0.15) is 34.6 Å². The highest BCUT2D eigenvalue weighted by atomic mass is 16.2. The Morgan fingerprint density at radius 3 is 2.15 bits per heavy atom. The second-order valence-corrected chi connectivity index (χ2v) is 4.98. The van der Waals surface area contributed by atoms with Gasteiger partial charge in [-0.2, -0.15) is 0 Å². The number of hydrogen-bond donors (Lipinski definition) is 2. The first-order chi connectivity index (χ1) is 5.75. The first-order valence-electron chi connectivity index (χ1n) is 4.78. The van der Waals surface area contributed by atoms with Crippen molar-refractivity contribution in [2.24, 2.45) is 17.1 Å². The molecule has 3 heteroatoms. The zero-order valence-corrected chi connectivity index (χ0v) is 9.35. The molecular weight excluding hydrogens is 164 g/mol. The molecule has 0 saturated heterocycles. The summed E-state index contributed by atoms with van der Waals surface area (Å²) in [5.41, 5.74) is 5.60. The van der Waals surface area contributed by atoms with Gasteiger partial charge in [0.1, 0.15) is 0 Å². The molecule has 78 valence electrons. The van der Waals surface area contributed by atoms with Crippen LogP contribution >= 0.6 is 0 Å². The van der Waals surface area contributed by atoms with Gasteiger partial charge in [-0.25, -0.2) is 0 Å². The normalized spacial score (nSPS) is 14.4. The Balaban J connectivity index is 3.98. The molecule has 1 amide bonds.